The lowest BCUT2D eigenvalue weighted by Crippen LogP contribution is -2.51. The number of hydrogen-bond acceptors (Lipinski definition) is 8. The molecule has 0 N–H and O–H groups in total. The second-order valence-corrected chi connectivity index (χ2v) is 10.4. The minimum absolute atomic E-state index is 0.0328. The van der Waals surface area contributed by atoms with Crippen LogP contribution in [0.1, 0.15) is 20.7 Å². The fraction of sp³-hybridized carbons (Fsp3) is 0.360. The predicted molar refractivity (Wildman–Crippen MR) is 130 cm³/mol. The molecule has 2 aromatic rings. The van der Waals surface area contributed by atoms with E-state index >= 15 is 0 Å². The molecule has 2 aromatic carbocycles. The molecule has 10 heteroatoms. The third-order valence-electron chi connectivity index (χ3n) is 6.65. The molecule has 2 saturated heterocycles. The van der Waals surface area contributed by atoms with Crippen LogP contribution >= 0.6 is 0 Å². The van der Waals surface area contributed by atoms with Gasteiger partial charge in [0, 0.05) is 56.1 Å². The number of anilines is 1. The van der Waals surface area contributed by atoms with Crippen molar-refractivity contribution < 1.29 is 27.5 Å². The van der Waals surface area contributed by atoms with Crippen molar-refractivity contribution >= 4 is 27.3 Å². The number of piperazine rings is 1. The highest BCUT2D eigenvalue weighted by molar-refractivity contribution is 7.94. The fourth-order valence-electron chi connectivity index (χ4n) is 4.76. The van der Waals surface area contributed by atoms with E-state index in [1.165, 1.54) is 10.4 Å². The lowest BCUT2D eigenvalue weighted by molar-refractivity contribution is 0.0498. The summed E-state index contributed by atoms with van der Waals surface area (Å²) in [5, 5.41) is 0. The van der Waals surface area contributed by atoms with E-state index in [1.807, 2.05) is 24.3 Å². The highest BCUT2D eigenvalue weighted by Crippen LogP contribution is 2.34. The number of Topliss-reactive ketones (excluding diaryl/α,β-unsaturated/α-hetero) is 2. The third kappa shape index (κ3) is 4.22. The maximum absolute atomic E-state index is 13.9. The minimum atomic E-state index is -4.21. The predicted octanol–water partition coefficient (Wildman–Crippen LogP) is 1.77. The molecule has 0 amide bonds. The van der Waals surface area contributed by atoms with E-state index in [9.17, 15) is 18.0 Å². The maximum atomic E-state index is 13.9. The highest BCUT2D eigenvalue weighted by Gasteiger charge is 2.44. The zero-order chi connectivity index (χ0) is 24.6. The summed E-state index contributed by atoms with van der Waals surface area (Å²) in [6, 6.07) is 14.0. The number of carbonyl (C=O) groups excluding carboxylic acids is 2. The first-order valence-corrected chi connectivity index (χ1v) is 13.0. The van der Waals surface area contributed by atoms with Crippen LogP contribution in [0.3, 0.4) is 0 Å². The van der Waals surface area contributed by atoms with E-state index in [2.05, 4.69) is 4.90 Å². The SMILES string of the molecule is COc1ccc(N2CCN(S(=O)(=O)C3=C(N4CCOCC4)C(=O)c4ccccc4C3=O)CC2)cc1. The van der Waals surface area contributed by atoms with Crippen LogP contribution < -0.4 is 9.64 Å². The van der Waals surface area contributed by atoms with Gasteiger partial charge in [0.05, 0.1) is 20.3 Å². The number of benzene rings is 2. The summed E-state index contributed by atoms with van der Waals surface area (Å²) >= 11 is 0. The second kappa shape index (κ2) is 9.44. The Balaban J connectivity index is 1.47. The molecule has 184 valence electrons. The maximum Gasteiger partial charge on any atom is 0.249 e. The van der Waals surface area contributed by atoms with Crippen LogP contribution in [0.15, 0.2) is 59.1 Å². The molecule has 0 spiro atoms. The number of ether oxygens (including phenoxy) is 2. The molecule has 3 aliphatic rings. The van der Waals surface area contributed by atoms with Gasteiger partial charge in [-0.15, -0.1) is 0 Å². The Hall–Kier alpha value is -3.21. The van der Waals surface area contributed by atoms with E-state index in [0.29, 0.717) is 39.4 Å². The van der Waals surface area contributed by atoms with Gasteiger partial charge in [0.2, 0.25) is 21.6 Å². The first kappa shape index (κ1) is 23.5. The van der Waals surface area contributed by atoms with Gasteiger partial charge < -0.3 is 19.3 Å². The van der Waals surface area contributed by atoms with E-state index in [1.54, 1.807) is 30.2 Å². The van der Waals surface area contributed by atoms with Crippen molar-refractivity contribution in [2.45, 2.75) is 0 Å². The molecular weight excluding hydrogens is 470 g/mol. The van der Waals surface area contributed by atoms with Crippen LogP contribution in [-0.4, -0.2) is 88.8 Å². The van der Waals surface area contributed by atoms with Crippen LogP contribution in [0.2, 0.25) is 0 Å². The lowest BCUT2D eigenvalue weighted by Gasteiger charge is -2.38. The molecule has 9 nitrogen and oxygen atoms in total. The molecule has 35 heavy (non-hydrogen) atoms. The Bertz CT molecular complexity index is 1270. The van der Waals surface area contributed by atoms with E-state index < -0.39 is 26.5 Å². The minimum Gasteiger partial charge on any atom is -0.497 e. The number of morpholine rings is 1. The Morgan fingerprint density at radius 3 is 1.97 bits per heavy atom. The number of methoxy groups -OCH3 is 1. The van der Waals surface area contributed by atoms with Crippen molar-refractivity contribution in [1.82, 2.24) is 9.21 Å². The molecule has 0 aromatic heterocycles. The molecule has 0 atom stereocenters. The van der Waals surface area contributed by atoms with Crippen LogP contribution in [0.25, 0.3) is 0 Å². The first-order valence-electron chi connectivity index (χ1n) is 11.6. The van der Waals surface area contributed by atoms with Crippen molar-refractivity contribution in [3.05, 3.63) is 70.3 Å². The lowest BCUT2D eigenvalue weighted by atomic mass is 9.91. The summed E-state index contributed by atoms with van der Waals surface area (Å²) in [6.45, 7) is 2.76. The monoisotopic (exact) mass is 497 g/mol. The molecule has 0 bridgehead atoms. The van der Waals surface area contributed by atoms with E-state index in [4.69, 9.17) is 9.47 Å². The zero-order valence-electron chi connectivity index (χ0n) is 19.5. The van der Waals surface area contributed by atoms with Crippen molar-refractivity contribution in [3.8, 4) is 5.75 Å². The Morgan fingerprint density at radius 2 is 1.37 bits per heavy atom. The fourth-order valence-corrected chi connectivity index (χ4v) is 6.47. The van der Waals surface area contributed by atoms with Gasteiger partial charge in [0.25, 0.3) is 0 Å². The summed E-state index contributed by atoms with van der Waals surface area (Å²) < 4.78 is 39.7. The van der Waals surface area contributed by atoms with Gasteiger partial charge in [0.1, 0.15) is 11.4 Å². The summed E-state index contributed by atoms with van der Waals surface area (Å²) in [4.78, 5) is 30.4. The third-order valence-corrected chi connectivity index (χ3v) is 8.59. The smallest absolute Gasteiger partial charge is 0.249 e. The number of rotatable bonds is 5. The normalized spacial score (nSPS) is 19.7. The number of fused-ring (bicyclic) bond motifs is 1. The van der Waals surface area contributed by atoms with Gasteiger partial charge in [-0.05, 0) is 24.3 Å². The van der Waals surface area contributed by atoms with E-state index in [0.717, 1.165) is 11.4 Å². The molecule has 2 fully saturated rings. The quantitative estimate of drug-likeness (QED) is 0.617. The Labute approximate surface area is 204 Å². The summed E-state index contributed by atoms with van der Waals surface area (Å²) in [7, 11) is -2.61. The van der Waals surface area contributed by atoms with Gasteiger partial charge in [-0.25, -0.2) is 8.42 Å². The molecule has 0 radical (unpaired) electrons. The summed E-state index contributed by atoms with van der Waals surface area (Å²) in [5.74, 6) is -0.310. The zero-order valence-corrected chi connectivity index (χ0v) is 20.3. The first-order chi connectivity index (χ1) is 16.9. The van der Waals surface area contributed by atoms with Gasteiger partial charge >= 0.3 is 0 Å². The highest BCUT2D eigenvalue weighted by atomic mass is 32.2. The molecular formula is C25H27N3O6S. The van der Waals surface area contributed by atoms with Crippen molar-refractivity contribution in [3.63, 3.8) is 0 Å². The van der Waals surface area contributed by atoms with Crippen LogP contribution in [0.5, 0.6) is 5.75 Å². The molecule has 1 aliphatic carbocycles. The molecule has 0 unspecified atom stereocenters. The molecule has 0 saturated carbocycles. The number of nitrogens with zero attached hydrogens (tertiary/aromatic N) is 3. The van der Waals surface area contributed by atoms with Gasteiger partial charge in [-0.2, -0.15) is 4.31 Å². The number of carbonyl (C=O) groups is 2. The average Bonchev–Trinajstić information content (AvgIpc) is 2.91. The summed E-state index contributed by atoms with van der Waals surface area (Å²) in [5.41, 5.74) is 1.30. The van der Waals surface area contributed by atoms with Crippen molar-refractivity contribution in [1.29, 1.82) is 0 Å². The van der Waals surface area contributed by atoms with Gasteiger partial charge in [-0.3, -0.25) is 9.59 Å². The second-order valence-electron chi connectivity index (χ2n) is 8.57. The molecule has 2 aliphatic heterocycles. The standard InChI is InChI=1S/C25H27N3O6S/c1-33-19-8-6-18(7-9-19)26-10-12-28(13-11-26)35(31,32)25-22(27-14-16-34-17-15-27)23(29)20-4-2-3-5-21(20)24(25)30/h2-9H,10-17H2,1H3. The van der Waals surface area contributed by atoms with E-state index in [-0.39, 0.29) is 29.9 Å². The van der Waals surface area contributed by atoms with Gasteiger partial charge in [0.15, 0.2) is 4.91 Å². The Kier molecular flexibility index (Phi) is 6.35. The Morgan fingerprint density at radius 1 is 0.771 bits per heavy atom. The number of sulfonamides is 1. The van der Waals surface area contributed by atoms with Crippen LogP contribution in [-0.2, 0) is 14.8 Å². The molecule has 2 heterocycles. The largest absolute Gasteiger partial charge is 0.497 e. The summed E-state index contributed by atoms with van der Waals surface area (Å²) in [6.07, 6.45) is 0. The van der Waals surface area contributed by atoms with Crippen molar-refractivity contribution in [2.75, 3.05) is 64.5 Å². The van der Waals surface area contributed by atoms with Crippen molar-refractivity contribution in [2.24, 2.45) is 0 Å². The molecule has 5 rings (SSSR count). The van der Waals surface area contributed by atoms with Gasteiger partial charge in [-0.1, -0.05) is 24.3 Å². The van der Waals surface area contributed by atoms with Crippen LogP contribution in [0.4, 0.5) is 5.69 Å². The number of hydrogen-bond donors (Lipinski definition) is 0. The average molecular weight is 498 g/mol. The topological polar surface area (TPSA) is 96.5 Å². The number of allylic oxidation sites excluding steroid dienone is 2. The van der Waals surface area contributed by atoms with Crippen LogP contribution in [0, 0.1) is 0 Å². The number of ketones is 2.